The molecular formula is C18H15N5O4S. The molecule has 0 saturated heterocycles. The average molecular weight is 397 g/mol. The zero-order chi connectivity index (χ0) is 19.8. The van der Waals surface area contributed by atoms with Crippen molar-refractivity contribution in [2.75, 3.05) is 11.4 Å². The maximum absolute atomic E-state index is 13.2. The molecule has 2 unspecified atom stereocenters. The number of anilines is 1. The Morgan fingerprint density at radius 3 is 2.93 bits per heavy atom. The van der Waals surface area contributed by atoms with Crippen molar-refractivity contribution >= 4 is 34.9 Å². The van der Waals surface area contributed by atoms with Crippen molar-refractivity contribution in [1.29, 1.82) is 0 Å². The summed E-state index contributed by atoms with van der Waals surface area (Å²) in [6.07, 6.45) is 3.97. The lowest BCUT2D eigenvalue weighted by atomic mass is 10.1. The molecule has 3 heterocycles. The standard InChI is InChI=1S/C18H15N5O4S/c1-21-10-12(8-20-21)11-22-17(25)15-7-14(28(26)27)4-5-16(15)23-13(3-2-6-24)9-19-18(22)23/h4-8,10,13H,9,11H2,1H3,(H,26,27). The molecule has 1 N–H and O–H groups in total. The lowest BCUT2D eigenvalue weighted by molar-refractivity contribution is -0.103. The van der Waals surface area contributed by atoms with E-state index in [1.54, 1.807) is 35.1 Å². The zero-order valence-electron chi connectivity index (χ0n) is 14.8. The third kappa shape index (κ3) is 3.00. The van der Waals surface area contributed by atoms with E-state index in [4.69, 9.17) is 0 Å². The number of amides is 1. The second-order valence-electron chi connectivity index (χ2n) is 6.27. The largest absolute Gasteiger partial charge is 0.302 e. The van der Waals surface area contributed by atoms with Crippen molar-refractivity contribution in [3.63, 3.8) is 0 Å². The van der Waals surface area contributed by atoms with E-state index in [9.17, 15) is 18.4 Å². The SMILES string of the molecule is Cn1cc(CN2C(=O)c3cc(S(=O)O)ccc3N3C2=NCC3C#CC=O)cn1. The topological polar surface area (TPSA) is 108 Å². The number of aliphatic imine (C=N–C) groups is 1. The fourth-order valence-corrected chi connectivity index (χ4v) is 3.72. The Morgan fingerprint density at radius 2 is 2.25 bits per heavy atom. The van der Waals surface area contributed by atoms with Crippen LogP contribution in [0.5, 0.6) is 0 Å². The van der Waals surface area contributed by atoms with Gasteiger partial charge >= 0.3 is 0 Å². The summed E-state index contributed by atoms with van der Waals surface area (Å²) in [5.74, 6) is 5.36. The molecule has 2 aliphatic rings. The maximum atomic E-state index is 13.2. The number of aldehydes is 1. The number of hydrogen-bond acceptors (Lipinski definition) is 6. The first-order valence-electron chi connectivity index (χ1n) is 8.32. The van der Waals surface area contributed by atoms with Gasteiger partial charge in [-0.15, -0.1) is 0 Å². The van der Waals surface area contributed by atoms with Crippen LogP contribution < -0.4 is 4.90 Å². The molecule has 142 valence electrons. The third-order valence-corrected chi connectivity index (χ3v) is 5.14. The quantitative estimate of drug-likeness (QED) is 0.456. The minimum atomic E-state index is -2.21. The van der Waals surface area contributed by atoms with Gasteiger partial charge in [-0.05, 0) is 24.1 Å². The maximum Gasteiger partial charge on any atom is 0.263 e. The predicted molar refractivity (Wildman–Crippen MR) is 101 cm³/mol. The number of aryl methyl sites for hydroxylation is 1. The molecule has 0 bridgehead atoms. The molecule has 0 fully saturated rings. The normalized spacial score (nSPS) is 18.7. The van der Waals surface area contributed by atoms with Gasteiger partial charge in [-0.25, -0.2) is 9.20 Å². The second-order valence-corrected chi connectivity index (χ2v) is 7.24. The van der Waals surface area contributed by atoms with Crippen LogP contribution in [-0.4, -0.2) is 54.2 Å². The van der Waals surface area contributed by atoms with Crippen molar-refractivity contribution in [3.05, 3.63) is 41.7 Å². The van der Waals surface area contributed by atoms with Crippen molar-refractivity contribution in [2.24, 2.45) is 12.0 Å². The zero-order valence-corrected chi connectivity index (χ0v) is 15.6. The summed E-state index contributed by atoms with van der Waals surface area (Å²) in [5.41, 5.74) is 1.64. The van der Waals surface area contributed by atoms with Gasteiger partial charge < -0.3 is 4.55 Å². The Labute approximate surface area is 162 Å². The van der Waals surface area contributed by atoms with Crippen LogP contribution in [0.4, 0.5) is 5.69 Å². The summed E-state index contributed by atoms with van der Waals surface area (Å²) < 4.78 is 22.5. The monoisotopic (exact) mass is 397 g/mol. The first-order valence-corrected chi connectivity index (χ1v) is 9.43. The highest BCUT2D eigenvalue weighted by Crippen LogP contribution is 2.35. The average Bonchev–Trinajstić information content (AvgIpc) is 3.29. The molecule has 9 nitrogen and oxygen atoms in total. The number of rotatable bonds is 3. The van der Waals surface area contributed by atoms with Crippen molar-refractivity contribution < 1.29 is 18.4 Å². The van der Waals surface area contributed by atoms with Gasteiger partial charge in [0, 0.05) is 18.8 Å². The Bertz CT molecular complexity index is 1100. The van der Waals surface area contributed by atoms with Crippen LogP contribution in [0.25, 0.3) is 0 Å². The molecule has 2 aliphatic heterocycles. The summed E-state index contributed by atoms with van der Waals surface area (Å²) >= 11 is -2.21. The number of nitrogens with zero attached hydrogens (tertiary/aromatic N) is 5. The fraction of sp³-hybridized carbons (Fsp3) is 0.222. The number of fused-ring (bicyclic) bond motifs is 3. The number of aromatic nitrogens is 2. The van der Waals surface area contributed by atoms with Gasteiger partial charge in [-0.3, -0.25) is 24.1 Å². The molecule has 0 spiro atoms. The smallest absolute Gasteiger partial charge is 0.263 e. The first-order chi connectivity index (χ1) is 13.5. The number of hydrogen-bond donors (Lipinski definition) is 1. The number of carbonyl (C=O) groups is 2. The number of carbonyl (C=O) groups excluding carboxylic acids is 2. The van der Waals surface area contributed by atoms with Gasteiger partial charge in [0.1, 0.15) is 6.04 Å². The fourth-order valence-electron chi connectivity index (χ4n) is 3.32. The molecule has 0 radical (unpaired) electrons. The van der Waals surface area contributed by atoms with Gasteiger partial charge in [0.25, 0.3) is 5.91 Å². The summed E-state index contributed by atoms with van der Waals surface area (Å²) in [5, 5.41) is 4.12. The van der Waals surface area contributed by atoms with Gasteiger partial charge in [0.05, 0.1) is 35.4 Å². The third-order valence-electron chi connectivity index (χ3n) is 4.49. The van der Waals surface area contributed by atoms with E-state index in [1.165, 1.54) is 17.0 Å². The Kier molecular flexibility index (Phi) is 4.54. The molecule has 0 aliphatic carbocycles. The minimum absolute atomic E-state index is 0.128. The first kappa shape index (κ1) is 18.1. The Morgan fingerprint density at radius 1 is 1.43 bits per heavy atom. The van der Waals surface area contributed by atoms with E-state index in [-0.39, 0.29) is 22.9 Å². The van der Waals surface area contributed by atoms with Crippen LogP contribution in [-0.2, 0) is 29.5 Å². The van der Waals surface area contributed by atoms with Crippen molar-refractivity contribution in [2.45, 2.75) is 17.5 Å². The van der Waals surface area contributed by atoms with Crippen LogP contribution >= 0.6 is 0 Å². The van der Waals surface area contributed by atoms with Crippen LogP contribution in [0.1, 0.15) is 15.9 Å². The second kappa shape index (κ2) is 7.03. The molecule has 28 heavy (non-hydrogen) atoms. The molecule has 10 heteroatoms. The molecule has 0 saturated carbocycles. The Hall–Kier alpha value is -3.29. The van der Waals surface area contributed by atoms with Gasteiger partial charge in [-0.2, -0.15) is 5.10 Å². The van der Waals surface area contributed by atoms with E-state index in [0.29, 0.717) is 24.5 Å². The van der Waals surface area contributed by atoms with E-state index >= 15 is 0 Å². The predicted octanol–water partition coefficient (Wildman–Crippen LogP) is 0.404. The van der Waals surface area contributed by atoms with E-state index < -0.39 is 17.1 Å². The van der Waals surface area contributed by atoms with E-state index in [2.05, 4.69) is 21.9 Å². The van der Waals surface area contributed by atoms with Crippen LogP contribution in [0.2, 0.25) is 0 Å². The van der Waals surface area contributed by atoms with Crippen molar-refractivity contribution in [3.8, 4) is 11.8 Å². The number of benzene rings is 1. The van der Waals surface area contributed by atoms with Crippen LogP contribution in [0, 0.1) is 11.8 Å². The minimum Gasteiger partial charge on any atom is -0.302 e. The Balaban J connectivity index is 1.82. The van der Waals surface area contributed by atoms with E-state index in [1.807, 2.05) is 0 Å². The highest BCUT2D eigenvalue weighted by atomic mass is 32.2. The van der Waals surface area contributed by atoms with Gasteiger partial charge in [0.15, 0.2) is 17.4 Å². The lowest BCUT2D eigenvalue weighted by Crippen LogP contribution is -2.52. The van der Waals surface area contributed by atoms with Crippen molar-refractivity contribution in [1.82, 2.24) is 14.7 Å². The highest BCUT2D eigenvalue weighted by Gasteiger charge is 2.41. The summed E-state index contributed by atoms with van der Waals surface area (Å²) in [6, 6.07) is 4.09. The molecule has 2 atom stereocenters. The molecule has 1 amide bonds. The summed E-state index contributed by atoms with van der Waals surface area (Å²) in [6.45, 7) is 0.543. The van der Waals surface area contributed by atoms with Crippen LogP contribution in [0.3, 0.4) is 0 Å². The molecule has 1 aromatic carbocycles. The lowest BCUT2D eigenvalue weighted by Gasteiger charge is -2.37. The molecule has 2 aromatic rings. The summed E-state index contributed by atoms with van der Waals surface area (Å²) in [4.78, 5) is 31.7. The van der Waals surface area contributed by atoms with E-state index in [0.717, 1.165) is 5.56 Å². The van der Waals surface area contributed by atoms with Gasteiger partial charge in [-0.1, -0.05) is 5.92 Å². The van der Waals surface area contributed by atoms with Crippen LogP contribution in [0.15, 0.2) is 40.5 Å². The highest BCUT2D eigenvalue weighted by molar-refractivity contribution is 7.79. The molecule has 4 rings (SSSR count). The molecular weight excluding hydrogens is 382 g/mol. The van der Waals surface area contributed by atoms with Gasteiger partial charge in [0.2, 0.25) is 5.96 Å². The number of guanidine groups is 1. The molecule has 1 aromatic heterocycles. The summed E-state index contributed by atoms with van der Waals surface area (Å²) in [7, 11) is 1.78.